The van der Waals surface area contributed by atoms with Crippen molar-refractivity contribution in [3.8, 4) is 0 Å². The normalized spacial score (nSPS) is 13.1. The largest absolute Gasteiger partial charge is 0.352 e. The maximum Gasteiger partial charge on any atom is 0.244 e. The van der Waals surface area contributed by atoms with Crippen LogP contribution >= 0.6 is 39.1 Å². The van der Waals surface area contributed by atoms with Crippen molar-refractivity contribution in [1.29, 1.82) is 0 Å². The summed E-state index contributed by atoms with van der Waals surface area (Å²) in [6.45, 7) is 4.99. The Hall–Kier alpha value is -1.81. The predicted octanol–water partition coefficient (Wildman–Crippen LogP) is 4.85. The van der Waals surface area contributed by atoms with Crippen molar-refractivity contribution in [2.24, 2.45) is 0 Å². The molecular formula is C23H28BrCl2N3O4S. The van der Waals surface area contributed by atoms with E-state index in [1.54, 1.807) is 6.92 Å². The number of anilines is 1. The third-order valence-electron chi connectivity index (χ3n) is 5.27. The van der Waals surface area contributed by atoms with Gasteiger partial charge in [-0.2, -0.15) is 0 Å². The van der Waals surface area contributed by atoms with Crippen LogP contribution in [0.3, 0.4) is 0 Å². The third kappa shape index (κ3) is 7.86. The zero-order chi connectivity index (χ0) is 25.6. The van der Waals surface area contributed by atoms with Crippen molar-refractivity contribution < 1.29 is 18.0 Å². The van der Waals surface area contributed by atoms with Gasteiger partial charge in [0.15, 0.2) is 0 Å². The molecule has 7 nitrogen and oxygen atoms in total. The second kappa shape index (κ2) is 12.2. The predicted molar refractivity (Wildman–Crippen MR) is 141 cm³/mol. The lowest BCUT2D eigenvalue weighted by Gasteiger charge is -2.32. The molecule has 0 saturated carbocycles. The highest BCUT2D eigenvalue weighted by molar-refractivity contribution is 9.10. The highest BCUT2D eigenvalue weighted by Crippen LogP contribution is 2.31. The van der Waals surface area contributed by atoms with Gasteiger partial charge in [-0.15, -0.1) is 0 Å². The number of rotatable bonds is 10. The number of carbonyl (C=O) groups excluding carboxylic acids is 2. The molecule has 0 saturated heterocycles. The second-order valence-corrected chi connectivity index (χ2v) is 11.7. The third-order valence-corrected chi connectivity index (χ3v) is 7.44. The second-order valence-electron chi connectivity index (χ2n) is 8.01. The number of hydrogen-bond donors (Lipinski definition) is 1. The average molecular weight is 593 g/mol. The molecule has 2 rings (SSSR count). The summed E-state index contributed by atoms with van der Waals surface area (Å²) >= 11 is 15.7. The minimum atomic E-state index is -3.90. The van der Waals surface area contributed by atoms with Crippen LogP contribution in [0.1, 0.15) is 32.8 Å². The molecule has 186 valence electrons. The van der Waals surface area contributed by atoms with E-state index in [1.807, 2.05) is 38.1 Å². The highest BCUT2D eigenvalue weighted by atomic mass is 79.9. The first-order valence-electron chi connectivity index (χ1n) is 10.6. The molecule has 2 aromatic rings. The SMILES string of the molecule is CC[C@@H](C)NC(=O)[C@H](C)N(Cc1cccc(Br)c1)C(=O)CN(c1cc(Cl)ccc1Cl)S(C)(=O)=O. The summed E-state index contributed by atoms with van der Waals surface area (Å²) in [7, 11) is -3.90. The molecular weight excluding hydrogens is 565 g/mol. The van der Waals surface area contributed by atoms with Crippen molar-refractivity contribution in [3.63, 3.8) is 0 Å². The Morgan fingerprint density at radius 2 is 1.79 bits per heavy atom. The lowest BCUT2D eigenvalue weighted by atomic mass is 10.1. The van der Waals surface area contributed by atoms with Crippen molar-refractivity contribution in [2.75, 3.05) is 17.1 Å². The van der Waals surface area contributed by atoms with Gasteiger partial charge < -0.3 is 10.2 Å². The number of hydrogen-bond acceptors (Lipinski definition) is 4. The molecule has 0 radical (unpaired) electrons. The topological polar surface area (TPSA) is 86.8 Å². The van der Waals surface area contributed by atoms with Gasteiger partial charge >= 0.3 is 0 Å². The highest BCUT2D eigenvalue weighted by Gasteiger charge is 2.31. The summed E-state index contributed by atoms with van der Waals surface area (Å²) in [6, 6.07) is 10.8. The molecule has 11 heteroatoms. The Morgan fingerprint density at radius 3 is 2.38 bits per heavy atom. The summed E-state index contributed by atoms with van der Waals surface area (Å²) < 4.78 is 26.9. The minimum Gasteiger partial charge on any atom is -0.352 e. The van der Waals surface area contributed by atoms with E-state index in [0.29, 0.717) is 0 Å². The summed E-state index contributed by atoms with van der Waals surface area (Å²) in [5, 5.41) is 3.28. The zero-order valence-electron chi connectivity index (χ0n) is 19.4. The molecule has 0 bridgehead atoms. The number of amides is 2. The van der Waals surface area contributed by atoms with Crippen LogP contribution in [0.25, 0.3) is 0 Å². The van der Waals surface area contributed by atoms with Gasteiger partial charge in [0, 0.05) is 22.1 Å². The van der Waals surface area contributed by atoms with Gasteiger partial charge in [-0.25, -0.2) is 8.42 Å². The first-order chi connectivity index (χ1) is 15.8. The van der Waals surface area contributed by atoms with Gasteiger partial charge in [0.1, 0.15) is 12.6 Å². The van der Waals surface area contributed by atoms with Crippen molar-refractivity contribution in [1.82, 2.24) is 10.2 Å². The van der Waals surface area contributed by atoms with E-state index in [4.69, 9.17) is 23.2 Å². The van der Waals surface area contributed by atoms with Crippen LogP contribution in [-0.4, -0.2) is 50.0 Å². The van der Waals surface area contributed by atoms with Crippen LogP contribution in [0.15, 0.2) is 46.9 Å². The monoisotopic (exact) mass is 591 g/mol. The fraction of sp³-hybridized carbons (Fsp3) is 0.391. The zero-order valence-corrected chi connectivity index (χ0v) is 23.3. The lowest BCUT2D eigenvalue weighted by molar-refractivity contribution is -0.139. The molecule has 0 unspecified atom stereocenters. The van der Waals surface area contributed by atoms with Gasteiger partial charge in [-0.3, -0.25) is 13.9 Å². The number of nitrogens with zero attached hydrogens (tertiary/aromatic N) is 2. The Kier molecular flexibility index (Phi) is 10.2. The van der Waals surface area contributed by atoms with Crippen molar-refractivity contribution in [3.05, 3.63) is 62.5 Å². The summed E-state index contributed by atoms with van der Waals surface area (Å²) in [5.74, 6) is -0.891. The van der Waals surface area contributed by atoms with E-state index in [-0.39, 0.29) is 34.2 Å². The molecule has 2 aromatic carbocycles. The average Bonchev–Trinajstić information content (AvgIpc) is 2.76. The van der Waals surface area contributed by atoms with Crippen molar-refractivity contribution >= 4 is 66.7 Å². The number of carbonyl (C=O) groups is 2. The molecule has 0 aliphatic carbocycles. The standard InChI is InChI=1S/C23H28BrCl2N3O4S/c1-5-15(2)27-23(31)16(3)28(13-17-7-6-8-18(24)11-17)22(30)14-29(34(4,32)33)21-12-19(25)9-10-20(21)26/h6-12,15-16H,5,13-14H2,1-4H3,(H,27,31)/t15-,16+/m1/s1. The van der Waals surface area contributed by atoms with Crippen LogP contribution in [0.5, 0.6) is 0 Å². The van der Waals surface area contributed by atoms with E-state index >= 15 is 0 Å². The first-order valence-corrected chi connectivity index (χ1v) is 14.0. The molecule has 0 heterocycles. The molecule has 34 heavy (non-hydrogen) atoms. The van der Waals surface area contributed by atoms with E-state index in [2.05, 4.69) is 21.2 Å². The van der Waals surface area contributed by atoms with Crippen LogP contribution in [0.2, 0.25) is 10.0 Å². The van der Waals surface area contributed by atoms with Gasteiger partial charge in [0.05, 0.1) is 17.0 Å². The maximum atomic E-state index is 13.5. The fourth-order valence-corrected chi connectivity index (χ4v) is 4.89. The summed E-state index contributed by atoms with van der Waals surface area (Å²) in [6.07, 6.45) is 1.71. The smallest absolute Gasteiger partial charge is 0.244 e. The maximum absolute atomic E-state index is 13.5. The van der Waals surface area contributed by atoms with Crippen LogP contribution in [0, 0.1) is 0 Å². The Bertz CT molecular complexity index is 1150. The van der Waals surface area contributed by atoms with E-state index in [9.17, 15) is 18.0 Å². The Morgan fingerprint density at radius 1 is 1.12 bits per heavy atom. The molecule has 0 spiro atoms. The number of nitrogens with one attached hydrogen (secondary N) is 1. The summed E-state index contributed by atoms with van der Waals surface area (Å²) in [4.78, 5) is 27.8. The fourth-order valence-electron chi connectivity index (χ4n) is 3.15. The van der Waals surface area contributed by atoms with Crippen LogP contribution < -0.4 is 9.62 Å². The number of sulfonamides is 1. The molecule has 0 aromatic heterocycles. The molecule has 0 aliphatic heterocycles. The molecule has 0 aliphatic rings. The summed E-state index contributed by atoms with van der Waals surface area (Å²) in [5.41, 5.74) is 0.863. The lowest BCUT2D eigenvalue weighted by Crippen LogP contribution is -2.52. The molecule has 0 fully saturated rings. The Labute approximate surface area is 219 Å². The van der Waals surface area contributed by atoms with Gasteiger partial charge in [-0.1, -0.05) is 58.2 Å². The van der Waals surface area contributed by atoms with Crippen LogP contribution in [0.4, 0.5) is 5.69 Å². The van der Waals surface area contributed by atoms with E-state index < -0.39 is 28.5 Å². The number of halogens is 3. The quantitative estimate of drug-likeness (QED) is 0.427. The number of benzene rings is 2. The first kappa shape index (κ1) is 28.4. The van der Waals surface area contributed by atoms with Gasteiger partial charge in [0.2, 0.25) is 21.8 Å². The Balaban J connectivity index is 2.43. The van der Waals surface area contributed by atoms with E-state index in [1.165, 1.54) is 23.1 Å². The van der Waals surface area contributed by atoms with E-state index in [0.717, 1.165) is 27.0 Å². The molecule has 2 amide bonds. The van der Waals surface area contributed by atoms with Gasteiger partial charge in [-0.05, 0) is 56.2 Å². The van der Waals surface area contributed by atoms with Gasteiger partial charge in [0.25, 0.3) is 0 Å². The molecule has 2 atom stereocenters. The van der Waals surface area contributed by atoms with Crippen LogP contribution in [-0.2, 0) is 26.2 Å². The molecule has 1 N–H and O–H groups in total. The minimum absolute atomic E-state index is 0.0736. The van der Waals surface area contributed by atoms with Crippen molar-refractivity contribution in [2.45, 2.75) is 45.8 Å².